The van der Waals surface area contributed by atoms with E-state index in [2.05, 4.69) is 18.7 Å². The fourth-order valence-electron chi connectivity index (χ4n) is 2.37. The number of piperidine rings is 1. The van der Waals surface area contributed by atoms with Crippen molar-refractivity contribution in [2.24, 2.45) is 11.7 Å². The Kier molecular flexibility index (Phi) is 4.85. The van der Waals surface area contributed by atoms with Gasteiger partial charge in [0.15, 0.2) is 0 Å². The molecule has 0 bridgehead atoms. The van der Waals surface area contributed by atoms with Gasteiger partial charge in [-0.15, -0.1) is 0 Å². The largest absolute Gasteiger partial charge is 0.383 e. The van der Waals surface area contributed by atoms with E-state index in [1.807, 2.05) is 0 Å². The summed E-state index contributed by atoms with van der Waals surface area (Å²) < 4.78 is 5.21. The first-order chi connectivity index (χ1) is 6.70. The van der Waals surface area contributed by atoms with Crippen LogP contribution in [0.4, 0.5) is 0 Å². The van der Waals surface area contributed by atoms with Gasteiger partial charge in [0.25, 0.3) is 0 Å². The molecule has 1 saturated heterocycles. The van der Waals surface area contributed by atoms with Gasteiger partial charge in [0, 0.05) is 25.7 Å². The molecule has 1 aliphatic rings. The monoisotopic (exact) mass is 200 g/mol. The standard InChI is InChI=1S/C11H24N2O/c1-9-5-4-6-13(10(9)2)11(7-12)8-14-3/h9-11H,4-8,12H2,1-3H3. The molecule has 0 aromatic rings. The highest BCUT2D eigenvalue weighted by atomic mass is 16.5. The second-order valence-corrected chi connectivity index (χ2v) is 4.44. The Hall–Kier alpha value is -0.120. The summed E-state index contributed by atoms with van der Waals surface area (Å²) in [5.41, 5.74) is 5.78. The molecule has 1 heterocycles. The van der Waals surface area contributed by atoms with E-state index in [-0.39, 0.29) is 0 Å². The highest BCUT2D eigenvalue weighted by Crippen LogP contribution is 2.24. The Bertz CT molecular complexity index is 163. The third kappa shape index (κ3) is 2.69. The third-order valence-corrected chi connectivity index (χ3v) is 3.52. The topological polar surface area (TPSA) is 38.5 Å². The van der Waals surface area contributed by atoms with E-state index in [0.717, 1.165) is 12.5 Å². The number of nitrogens with zero attached hydrogens (tertiary/aromatic N) is 1. The van der Waals surface area contributed by atoms with Gasteiger partial charge in [-0.2, -0.15) is 0 Å². The second-order valence-electron chi connectivity index (χ2n) is 4.44. The molecule has 0 saturated carbocycles. The van der Waals surface area contributed by atoms with Crippen LogP contribution in [0.15, 0.2) is 0 Å². The predicted molar refractivity (Wildman–Crippen MR) is 59.3 cm³/mol. The highest BCUT2D eigenvalue weighted by molar-refractivity contribution is 4.84. The van der Waals surface area contributed by atoms with Gasteiger partial charge in [-0.05, 0) is 32.2 Å². The van der Waals surface area contributed by atoms with Crippen LogP contribution in [0.2, 0.25) is 0 Å². The van der Waals surface area contributed by atoms with Gasteiger partial charge >= 0.3 is 0 Å². The van der Waals surface area contributed by atoms with Gasteiger partial charge in [-0.3, -0.25) is 4.90 Å². The highest BCUT2D eigenvalue weighted by Gasteiger charge is 2.29. The zero-order valence-electron chi connectivity index (χ0n) is 9.70. The van der Waals surface area contributed by atoms with Gasteiger partial charge in [0.2, 0.25) is 0 Å². The molecule has 3 atom stereocenters. The van der Waals surface area contributed by atoms with Crippen molar-refractivity contribution in [1.29, 1.82) is 0 Å². The van der Waals surface area contributed by atoms with Crippen molar-refractivity contribution < 1.29 is 4.74 Å². The van der Waals surface area contributed by atoms with Crippen molar-refractivity contribution in [2.75, 3.05) is 26.8 Å². The molecule has 14 heavy (non-hydrogen) atoms. The molecular weight excluding hydrogens is 176 g/mol. The summed E-state index contributed by atoms with van der Waals surface area (Å²) in [5.74, 6) is 0.787. The van der Waals surface area contributed by atoms with Crippen molar-refractivity contribution in [3.05, 3.63) is 0 Å². The smallest absolute Gasteiger partial charge is 0.0630 e. The summed E-state index contributed by atoms with van der Waals surface area (Å²) in [4.78, 5) is 2.51. The zero-order chi connectivity index (χ0) is 10.6. The summed E-state index contributed by atoms with van der Waals surface area (Å²) in [5, 5.41) is 0. The van der Waals surface area contributed by atoms with Gasteiger partial charge < -0.3 is 10.5 Å². The maximum absolute atomic E-state index is 5.78. The van der Waals surface area contributed by atoms with Crippen LogP contribution in [0.3, 0.4) is 0 Å². The Morgan fingerprint density at radius 3 is 2.79 bits per heavy atom. The van der Waals surface area contributed by atoms with Gasteiger partial charge in [-0.1, -0.05) is 6.92 Å². The number of methoxy groups -OCH3 is 1. The van der Waals surface area contributed by atoms with Crippen LogP contribution in [-0.4, -0.2) is 43.8 Å². The minimum atomic E-state index is 0.401. The van der Waals surface area contributed by atoms with Crippen LogP contribution < -0.4 is 5.73 Å². The lowest BCUT2D eigenvalue weighted by Gasteiger charge is -2.42. The molecule has 3 heteroatoms. The minimum absolute atomic E-state index is 0.401. The van der Waals surface area contributed by atoms with Crippen LogP contribution in [0.5, 0.6) is 0 Å². The fraction of sp³-hybridized carbons (Fsp3) is 1.00. The summed E-state index contributed by atoms with van der Waals surface area (Å²) >= 11 is 0. The van der Waals surface area contributed by atoms with E-state index < -0.39 is 0 Å². The first-order valence-electron chi connectivity index (χ1n) is 5.65. The van der Waals surface area contributed by atoms with Crippen LogP contribution >= 0.6 is 0 Å². The minimum Gasteiger partial charge on any atom is -0.383 e. The lowest BCUT2D eigenvalue weighted by Crippen LogP contribution is -2.52. The van der Waals surface area contributed by atoms with Crippen LogP contribution in [-0.2, 0) is 4.74 Å². The van der Waals surface area contributed by atoms with Crippen molar-refractivity contribution in [2.45, 2.75) is 38.8 Å². The Morgan fingerprint density at radius 2 is 2.21 bits per heavy atom. The summed E-state index contributed by atoms with van der Waals surface area (Å²) in [6, 6.07) is 1.05. The quantitative estimate of drug-likeness (QED) is 0.738. The molecule has 0 amide bonds. The molecule has 3 unspecified atom stereocenters. The van der Waals surface area contributed by atoms with E-state index in [0.29, 0.717) is 18.6 Å². The maximum atomic E-state index is 5.78. The van der Waals surface area contributed by atoms with Crippen LogP contribution in [0.25, 0.3) is 0 Å². The number of ether oxygens (including phenoxy) is 1. The molecule has 0 aromatic heterocycles. The molecule has 3 nitrogen and oxygen atoms in total. The third-order valence-electron chi connectivity index (χ3n) is 3.52. The Morgan fingerprint density at radius 1 is 1.50 bits per heavy atom. The maximum Gasteiger partial charge on any atom is 0.0630 e. The summed E-state index contributed by atoms with van der Waals surface area (Å²) in [6.45, 7) is 7.27. The molecule has 1 aliphatic heterocycles. The zero-order valence-corrected chi connectivity index (χ0v) is 9.70. The molecule has 0 aliphatic carbocycles. The Balaban J connectivity index is 2.54. The number of nitrogens with two attached hydrogens (primary N) is 1. The number of hydrogen-bond donors (Lipinski definition) is 1. The van der Waals surface area contributed by atoms with Gasteiger partial charge in [0.05, 0.1) is 6.61 Å². The van der Waals surface area contributed by atoms with Gasteiger partial charge in [0.1, 0.15) is 0 Å². The Labute approximate surface area is 87.6 Å². The SMILES string of the molecule is COCC(CN)N1CCCC(C)C1C. The molecule has 84 valence electrons. The van der Waals surface area contributed by atoms with Crippen molar-refractivity contribution in [3.63, 3.8) is 0 Å². The second kappa shape index (κ2) is 5.69. The van der Waals surface area contributed by atoms with E-state index in [1.54, 1.807) is 7.11 Å². The number of rotatable bonds is 4. The molecule has 0 radical (unpaired) electrons. The lowest BCUT2D eigenvalue weighted by molar-refractivity contribution is 0.0288. The molecule has 0 spiro atoms. The lowest BCUT2D eigenvalue weighted by atomic mass is 9.91. The average molecular weight is 200 g/mol. The molecular formula is C11H24N2O. The first kappa shape index (κ1) is 12.0. The molecule has 1 rings (SSSR count). The average Bonchev–Trinajstić information content (AvgIpc) is 2.19. The number of hydrogen-bond acceptors (Lipinski definition) is 3. The summed E-state index contributed by atoms with van der Waals surface area (Å²) in [6.07, 6.45) is 2.65. The predicted octanol–water partition coefficient (Wildman–Crippen LogP) is 1.08. The molecule has 1 fully saturated rings. The van der Waals surface area contributed by atoms with Gasteiger partial charge in [-0.25, -0.2) is 0 Å². The summed E-state index contributed by atoms with van der Waals surface area (Å²) in [7, 11) is 1.75. The van der Waals surface area contributed by atoms with Crippen molar-refractivity contribution in [3.8, 4) is 0 Å². The van der Waals surface area contributed by atoms with E-state index in [1.165, 1.54) is 19.4 Å². The normalized spacial score (nSPS) is 31.7. The van der Waals surface area contributed by atoms with Crippen molar-refractivity contribution >= 4 is 0 Å². The fourth-order valence-corrected chi connectivity index (χ4v) is 2.37. The van der Waals surface area contributed by atoms with Crippen LogP contribution in [0, 0.1) is 5.92 Å². The molecule has 0 aromatic carbocycles. The van der Waals surface area contributed by atoms with Crippen LogP contribution in [0.1, 0.15) is 26.7 Å². The molecule has 2 N–H and O–H groups in total. The van der Waals surface area contributed by atoms with Crippen molar-refractivity contribution in [1.82, 2.24) is 4.90 Å². The van der Waals surface area contributed by atoms with E-state index in [4.69, 9.17) is 10.5 Å². The number of likely N-dealkylation sites (tertiary alicyclic amines) is 1. The van der Waals surface area contributed by atoms with E-state index >= 15 is 0 Å². The van der Waals surface area contributed by atoms with E-state index in [9.17, 15) is 0 Å². The first-order valence-corrected chi connectivity index (χ1v) is 5.65.